The predicted molar refractivity (Wildman–Crippen MR) is 115 cm³/mol. The van der Waals surface area contributed by atoms with Gasteiger partial charge in [0.25, 0.3) is 15.9 Å². The van der Waals surface area contributed by atoms with Crippen LogP contribution >= 0.6 is 27.5 Å². The quantitative estimate of drug-likeness (QED) is 0.664. The highest BCUT2D eigenvalue weighted by molar-refractivity contribution is 9.10. The normalized spacial score (nSPS) is 14.7. The second-order valence-electron chi connectivity index (χ2n) is 6.35. The zero-order valence-corrected chi connectivity index (χ0v) is 18.1. The molecule has 0 radical (unpaired) electrons. The smallest absolute Gasteiger partial charge is 0.262 e. The highest BCUT2D eigenvalue weighted by Gasteiger charge is 2.18. The van der Waals surface area contributed by atoms with E-state index >= 15 is 0 Å². The Balaban J connectivity index is 1.71. The summed E-state index contributed by atoms with van der Waals surface area (Å²) in [6.45, 7) is 0.640. The standard InChI is InChI=1S/C19H19BrClN3O3S/c20-13-5-10-17(21)16(12-13)19(25)23-14-6-8-15(9-7-14)28(26,27)24-18-4-2-1-3-11-22-18/h5-10,12H,1-4,11H2,(H,22,24)(H,23,25). The number of anilines is 1. The van der Waals surface area contributed by atoms with Crippen LogP contribution in [-0.4, -0.2) is 26.7 Å². The zero-order valence-electron chi connectivity index (χ0n) is 14.9. The maximum absolute atomic E-state index is 12.5. The van der Waals surface area contributed by atoms with E-state index in [2.05, 4.69) is 31.0 Å². The summed E-state index contributed by atoms with van der Waals surface area (Å²) in [6, 6.07) is 10.9. The van der Waals surface area contributed by atoms with E-state index in [1.807, 2.05) is 0 Å². The van der Waals surface area contributed by atoms with Crippen molar-refractivity contribution in [3.05, 3.63) is 57.5 Å². The number of carbonyl (C=O) groups excluding carboxylic acids is 1. The number of rotatable bonds is 4. The van der Waals surface area contributed by atoms with E-state index in [0.717, 1.165) is 23.7 Å². The van der Waals surface area contributed by atoms with E-state index in [1.54, 1.807) is 18.2 Å². The highest BCUT2D eigenvalue weighted by Crippen LogP contribution is 2.23. The van der Waals surface area contributed by atoms with Crippen LogP contribution in [0.1, 0.15) is 36.0 Å². The van der Waals surface area contributed by atoms with Crippen LogP contribution in [0.5, 0.6) is 0 Å². The summed E-state index contributed by atoms with van der Waals surface area (Å²) < 4.78 is 28.4. The fourth-order valence-corrected chi connectivity index (χ4v) is 4.41. The average Bonchev–Trinajstić information content (AvgIpc) is 2.92. The van der Waals surface area contributed by atoms with Crippen LogP contribution in [0.4, 0.5) is 5.69 Å². The molecule has 3 rings (SSSR count). The number of aliphatic imine (C=N–C) groups is 1. The van der Waals surface area contributed by atoms with Gasteiger partial charge in [-0.25, -0.2) is 8.42 Å². The molecule has 0 aromatic heterocycles. The lowest BCUT2D eigenvalue weighted by Gasteiger charge is -2.11. The Kier molecular flexibility index (Phi) is 6.74. The van der Waals surface area contributed by atoms with E-state index in [4.69, 9.17) is 11.6 Å². The van der Waals surface area contributed by atoms with Crippen molar-refractivity contribution < 1.29 is 13.2 Å². The molecule has 1 aliphatic rings. The van der Waals surface area contributed by atoms with Crippen LogP contribution in [0.25, 0.3) is 0 Å². The summed E-state index contributed by atoms with van der Waals surface area (Å²) in [5.41, 5.74) is 0.785. The average molecular weight is 485 g/mol. The molecular formula is C19H19BrClN3O3S. The van der Waals surface area contributed by atoms with Crippen molar-refractivity contribution in [2.45, 2.75) is 30.6 Å². The Labute approximate surface area is 177 Å². The highest BCUT2D eigenvalue weighted by atomic mass is 79.9. The first-order valence-corrected chi connectivity index (χ1v) is 11.4. The van der Waals surface area contributed by atoms with Crippen molar-refractivity contribution in [3.8, 4) is 0 Å². The molecule has 1 aliphatic heterocycles. The molecule has 2 aromatic carbocycles. The number of hydrogen-bond donors (Lipinski definition) is 2. The summed E-state index contributed by atoms with van der Waals surface area (Å²) >= 11 is 9.37. The molecule has 0 bridgehead atoms. The second kappa shape index (κ2) is 9.07. The number of nitrogens with zero attached hydrogens (tertiary/aromatic N) is 1. The summed E-state index contributed by atoms with van der Waals surface area (Å²) in [5.74, 6) is 0.118. The van der Waals surface area contributed by atoms with E-state index in [9.17, 15) is 13.2 Å². The van der Waals surface area contributed by atoms with Gasteiger partial charge in [0.1, 0.15) is 5.84 Å². The number of sulfonamides is 1. The molecule has 2 aromatic rings. The van der Waals surface area contributed by atoms with E-state index < -0.39 is 10.0 Å². The van der Waals surface area contributed by atoms with Crippen molar-refractivity contribution in [2.24, 2.45) is 4.99 Å². The molecule has 2 N–H and O–H groups in total. The van der Waals surface area contributed by atoms with Gasteiger partial charge in [-0.05, 0) is 55.3 Å². The van der Waals surface area contributed by atoms with Crippen LogP contribution in [0.3, 0.4) is 0 Å². The first-order chi connectivity index (χ1) is 13.3. The topological polar surface area (TPSA) is 87.6 Å². The lowest BCUT2D eigenvalue weighted by atomic mass is 10.2. The van der Waals surface area contributed by atoms with Gasteiger partial charge in [-0.2, -0.15) is 0 Å². The zero-order chi connectivity index (χ0) is 20.1. The molecule has 0 fully saturated rings. The monoisotopic (exact) mass is 483 g/mol. The molecule has 148 valence electrons. The molecular weight excluding hydrogens is 466 g/mol. The van der Waals surface area contributed by atoms with Crippen molar-refractivity contribution >= 4 is 55.0 Å². The van der Waals surface area contributed by atoms with E-state index in [1.165, 1.54) is 24.3 Å². The number of benzene rings is 2. The van der Waals surface area contributed by atoms with Gasteiger partial charge in [0.05, 0.1) is 15.5 Å². The molecule has 0 atom stereocenters. The molecule has 6 nitrogen and oxygen atoms in total. The third kappa shape index (κ3) is 5.33. The molecule has 0 saturated carbocycles. The van der Waals surface area contributed by atoms with Crippen molar-refractivity contribution in [2.75, 3.05) is 11.9 Å². The lowest BCUT2D eigenvalue weighted by Crippen LogP contribution is -2.30. The maximum atomic E-state index is 12.5. The summed E-state index contributed by atoms with van der Waals surface area (Å²) in [4.78, 5) is 16.8. The van der Waals surface area contributed by atoms with Crippen molar-refractivity contribution in [1.82, 2.24) is 4.72 Å². The molecule has 28 heavy (non-hydrogen) atoms. The van der Waals surface area contributed by atoms with Gasteiger partial charge >= 0.3 is 0 Å². The van der Waals surface area contributed by atoms with Gasteiger partial charge in [-0.15, -0.1) is 0 Å². The number of amidine groups is 1. The molecule has 9 heteroatoms. The second-order valence-corrected chi connectivity index (χ2v) is 9.35. The molecule has 0 saturated heterocycles. The number of hydrogen-bond acceptors (Lipinski definition) is 4. The third-order valence-corrected chi connectivity index (χ3v) is 6.44. The van der Waals surface area contributed by atoms with Gasteiger partial charge in [0, 0.05) is 23.1 Å². The number of amides is 1. The maximum Gasteiger partial charge on any atom is 0.262 e. The largest absolute Gasteiger partial charge is 0.322 e. The minimum Gasteiger partial charge on any atom is -0.322 e. The van der Waals surface area contributed by atoms with Crippen molar-refractivity contribution in [3.63, 3.8) is 0 Å². The summed E-state index contributed by atoms with van der Waals surface area (Å²) in [6.07, 6.45) is 3.57. The van der Waals surface area contributed by atoms with Gasteiger partial charge in [0.2, 0.25) is 0 Å². The van der Waals surface area contributed by atoms with Crippen LogP contribution in [-0.2, 0) is 10.0 Å². The van der Waals surface area contributed by atoms with Crippen LogP contribution in [0, 0.1) is 0 Å². The fraction of sp³-hybridized carbons (Fsp3) is 0.263. The Morgan fingerprint density at radius 2 is 1.82 bits per heavy atom. The molecule has 0 aliphatic carbocycles. The summed E-state index contributed by atoms with van der Waals surface area (Å²) in [7, 11) is -3.71. The number of halogens is 2. The lowest BCUT2D eigenvalue weighted by molar-refractivity contribution is 0.102. The van der Waals surface area contributed by atoms with Gasteiger partial charge in [0.15, 0.2) is 0 Å². The Morgan fingerprint density at radius 1 is 1.07 bits per heavy atom. The number of nitrogens with one attached hydrogen (secondary N) is 2. The van der Waals surface area contributed by atoms with E-state index in [-0.39, 0.29) is 10.8 Å². The SMILES string of the molecule is O=C(Nc1ccc(S(=O)(=O)NC2=NCCCCC2)cc1)c1cc(Br)ccc1Cl. The molecule has 0 spiro atoms. The fourth-order valence-electron chi connectivity index (χ4n) is 2.76. The van der Waals surface area contributed by atoms with Gasteiger partial charge in [-0.1, -0.05) is 34.0 Å². The predicted octanol–water partition coefficient (Wildman–Crippen LogP) is 4.61. The Bertz CT molecular complexity index is 1010. The van der Waals surface area contributed by atoms with Gasteiger partial charge in [-0.3, -0.25) is 14.5 Å². The minimum atomic E-state index is -3.71. The van der Waals surface area contributed by atoms with Crippen molar-refractivity contribution in [1.29, 1.82) is 0 Å². The van der Waals surface area contributed by atoms with Crippen LogP contribution in [0.15, 0.2) is 56.8 Å². The first-order valence-electron chi connectivity index (χ1n) is 8.78. The Hall–Kier alpha value is -1.90. The summed E-state index contributed by atoms with van der Waals surface area (Å²) in [5, 5.41) is 3.04. The van der Waals surface area contributed by atoms with Crippen LogP contribution < -0.4 is 10.0 Å². The van der Waals surface area contributed by atoms with E-state index in [0.29, 0.717) is 35.1 Å². The third-order valence-electron chi connectivity index (χ3n) is 4.22. The van der Waals surface area contributed by atoms with Gasteiger partial charge < -0.3 is 5.32 Å². The molecule has 0 unspecified atom stereocenters. The van der Waals surface area contributed by atoms with Crippen LogP contribution in [0.2, 0.25) is 5.02 Å². The minimum absolute atomic E-state index is 0.109. The Morgan fingerprint density at radius 3 is 2.57 bits per heavy atom. The molecule has 1 amide bonds. The number of carbonyl (C=O) groups is 1. The first kappa shape index (κ1) is 20.8. The molecule has 1 heterocycles.